The fourth-order valence-corrected chi connectivity index (χ4v) is 5.08. The van der Waals surface area contributed by atoms with Crippen LogP contribution in [0.25, 0.3) is 0 Å². The number of hydrogen-bond acceptors (Lipinski definition) is 9. The van der Waals surface area contributed by atoms with E-state index >= 15 is 0 Å². The van der Waals surface area contributed by atoms with E-state index in [0.29, 0.717) is 23.3 Å². The van der Waals surface area contributed by atoms with Crippen LogP contribution < -0.4 is 26.4 Å². The number of amides is 3. The Morgan fingerprint density at radius 1 is 0.708 bits per heavy atom. The van der Waals surface area contributed by atoms with Crippen molar-refractivity contribution in [3.63, 3.8) is 0 Å². The highest BCUT2D eigenvalue weighted by atomic mass is 32.2. The van der Waals surface area contributed by atoms with Crippen molar-refractivity contribution in [3.05, 3.63) is 96.8 Å². The van der Waals surface area contributed by atoms with Gasteiger partial charge >= 0.3 is 17.0 Å². The first-order valence-electron chi connectivity index (χ1n) is 12.9. The van der Waals surface area contributed by atoms with Gasteiger partial charge in [0.1, 0.15) is 17.2 Å². The van der Waals surface area contributed by atoms with Crippen molar-refractivity contribution in [1.82, 2.24) is 10.3 Å². The maximum atomic E-state index is 12.7. The molecule has 3 aromatic carbocycles. The van der Waals surface area contributed by atoms with E-state index in [-0.39, 0.29) is 23.0 Å². The van der Waals surface area contributed by atoms with E-state index in [2.05, 4.69) is 20.9 Å². The molecule has 12 nitrogen and oxygen atoms in total. The maximum absolute atomic E-state index is 12.7. The molecule has 256 valence electrons. The van der Waals surface area contributed by atoms with E-state index in [0.717, 1.165) is 30.3 Å². The highest BCUT2D eigenvalue weighted by Crippen LogP contribution is 2.32. The molecule has 20 heteroatoms. The van der Waals surface area contributed by atoms with Crippen LogP contribution in [0.5, 0.6) is 11.5 Å². The summed E-state index contributed by atoms with van der Waals surface area (Å²) in [5.74, 6) is 0.378. The number of anilines is 3. The largest absolute Gasteiger partial charge is 0.501 e. The zero-order chi connectivity index (χ0) is 35.9. The molecule has 0 bridgehead atoms. The monoisotopic (exact) mass is 719 g/mol. The third-order valence-electron chi connectivity index (χ3n) is 5.72. The fraction of sp³-hybridized carbons (Fsp3) is 0.107. The molecule has 0 unspecified atom stereocenters. The van der Waals surface area contributed by atoms with Crippen molar-refractivity contribution in [2.24, 2.45) is 0 Å². The smallest absolute Gasteiger partial charge is 0.457 e. The van der Waals surface area contributed by atoms with Gasteiger partial charge in [-0.1, -0.05) is 12.1 Å². The summed E-state index contributed by atoms with van der Waals surface area (Å²) in [7, 11) is -9.35. The van der Waals surface area contributed by atoms with E-state index in [4.69, 9.17) is 10.5 Å². The van der Waals surface area contributed by atoms with Gasteiger partial charge in [0.25, 0.3) is 25.6 Å². The number of hydrogen-bond donors (Lipinski definition) is 4. The van der Waals surface area contributed by atoms with E-state index in [1.54, 1.807) is 6.07 Å². The first-order valence-corrected chi connectivity index (χ1v) is 15.8. The highest BCUT2D eigenvalue weighted by molar-refractivity contribution is 7.92. The van der Waals surface area contributed by atoms with Gasteiger partial charge in [0.15, 0.2) is 0 Å². The molecular formula is C28H23F6N5O7S2. The van der Waals surface area contributed by atoms with Crippen LogP contribution in [0.2, 0.25) is 0 Å². The molecular weight excluding hydrogens is 696 g/mol. The van der Waals surface area contributed by atoms with Crippen LogP contribution in [-0.4, -0.2) is 51.8 Å². The second-order valence-electron chi connectivity index (χ2n) is 9.16. The number of rotatable bonds is 7. The number of nitrogens with two attached hydrogens (primary N) is 1. The maximum Gasteiger partial charge on any atom is 0.501 e. The third kappa shape index (κ3) is 9.35. The normalized spacial score (nSPS) is 11.8. The lowest BCUT2D eigenvalue weighted by Crippen LogP contribution is -2.24. The molecule has 0 atom stereocenters. The number of urea groups is 1. The number of carbonyl (C=O) groups excluding carboxylic acids is 2. The van der Waals surface area contributed by atoms with Crippen LogP contribution in [0.15, 0.2) is 101 Å². The van der Waals surface area contributed by atoms with Crippen LogP contribution >= 0.6 is 0 Å². The first-order chi connectivity index (χ1) is 22.2. The molecule has 3 amide bonds. The summed E-state index contributed by atoms with van der Waals surface area (Å²) in [5, 5.41) is 7.18. The topological polar surface area (TPSA) is 187 Å². The van der Waals surface area contributed by atoms with Gasteiger partial charge in [0.05, 0.1) is 9.79 Å². The Kier molecular flexibility index (Phi) is 11.3. The van der Waals surface area contributed by atoms with Crippen molar-refractivity contribution in [2.75, 3.05) is 23.4 Å². The van der Waals surface area contributed by atoms with Crippen molar-refractivity contribution >= 4 is 48.7 Å². The number of pyridine rings is 1. The number of nitrogens with one attached hydrogen (secondary N) is 3. The lowest BCUT2D eigenvalue weighted by Gasteiger charge is -2.11. The van der Waals surface area contributed by atoms with Gasteiger partial charge in [-0.2, -0.15) is 26.3 Å². The number of nitrogen functional groups attached to an aromatic ring is 1. The molecule has 0 aliphatic heterocycles. The lowest BCUT2D eigenvalue weighted by molar-refractivity contribution is -0.0442. The second-order valence-corrected chi connectivity index (χ2v) is 13.0. The summed E-state index contributed by atoms with van der Waals surface area (Å²) in [5.41, 5.74) is -5.27. The van der Waals surface area contributed by atoms with Crippen LogP contribution in [0.1, 0.15) is 10.5 Å². The Morgan fingerprint density at radius 2 is 1.25 bits per heavy atom. The molecule has 0 spiro atoms. The molecule has 1 heterocycles. The lowest BCUT2D eigenvalue weighted by atomic mass is 10.3. The van der Waals surface area contributed by atoms with E-state index < -0.39 is 46.5 Å². The summed E-state index contributed by atoms with van der Waals surface area (Å²) >= 11 is 0. The van der Waals surface area contributed by atoms with Crippen molar-refractivity contribution in [2.45, 2.75) is 20.8 Å². The molecule has 48 heavy (non-hydrogen) atoms. The average Bonchev–Trinajstić information content (AvgIpc) is 3.01. The standard InChI is InChI=1S/C21H17F3N4O5S.C7H6F3NO2S/c1-25-19(29)18-12-16(9-10-26-18)33-15-7-5-13(6-8-15)27-20(30)28-14-3-2-4-17(11-14)34(31,32)21(22,23)24;8-7(9,10)14(12,13)6-3-1-2-5(11)4-6/h2-12H,1H3,(H,25,29)(H2,27,28,30);1-4H,11H2. The summed E-state index contributed by atoms with van der Waals surface area (Å²) in [4.78, 5) is 25.9. The minimum absolute atomic E-state index is 0.0321. The predicted octanol–water partition coefficient (Wildman–Crippen LogP) is 5.73. The van der Waals surface area contributed by atoms with Gasteiger partial charge in [0, 0.05) is 36.4 Å². The minimum atomic E-state index is -5.55. The molecule has 0 saturated heterocycles. The molecule has 4 aromatic rings. The third-order valence-corrected chi connectivity index (χ3v) is 8.69. The zero-order valence-electron chi connectivity index (χ0n) is 24.1. The quantitative estimate of drug-likeness (QED) is 0.137. The molecule has 0 fully saturated rings. The Hall–Kier alpha value is -5.37. The van der Waals surface area contributed by atoms with Gasteiger partial charge in [-0.3, -0.25) is 9.78 Å². The number of carbonyl (C=O) groups is 2. The predicted molar refractivity (Wildman–Crippen MR) is 161 cm³/mol. The highest BCUT2D eigenvalue weighted by Gasteiger charge is 2.47. The average molecular weight is 720 g/mol. The summed E-state index contributed by atoms with van der Waals surface area (Å²) in [6.45, 7) is 0. The van der Waals surface area contributed by atoms with Crippen molar-refractivity contribution in [1.29, 1.82) is 0 Å². The van der Waals surface area contributed by atoms with Crippen molar-refractivity contribution < 1.29 is 57.5 Å². The first kappa shape index (κ1) is 37.1. The molecule has 0 aliphatic rings. The Labute approximate surface area is 268 Å². The van der Waals surface area contributed by atoms with E-state index in [1.165, 1.54) is 55.7 Å². The molecule has 5 N–H and O–H groups in total. The number of sulfone groups is 2. The number of aromatic nitrogens is 1. The van der Waals surface area contributed by atoms with Gasteiger partial charge in [-0.25, -0.2) is 21.6 Å². The van der Waals surface area contributed by atoms with Crippen molar-refractivity contribution in [3.8, 4) is 11.5 Å². The van der Waals surface area contributed by atoms with E-state index in [1.807, 2.05) is 0 Å². The van der Waals surface area contributed by atoms with Crippen LogP contribution in [-0.2, 0) is 19.7 Å². The number of halogens is 6. The van der Waals surface area contributed by atoms with Gasteiger partial charge in [-0.05, 0) is 66.7 Å². The SMILES string of the molecule is CNC(=O)c1cc(Oc2ccc(NC(=O)Nc3cccc(S(=O)(=O)C(F)(F)F)c3)cc2)ccn1.Nc1cccc(S(=O)(=O)C(F)(F)F)c1. The van der Waals surface area contributed by atoms with Crippen LogP contribution in [0.3, 0.4) is 0 Å². The van der Waals surface area contributed by atoms with Gasteiger partial charge in [-0.15, -0.1) is 0 Å². The number of benzene rings is 3. The fourth-order valence-electron chi connectivity index (χ4n) is 3.45. The van der Waals surface area contributed by atoms with Gasteiger partial charge in [0.2, 0.25) is 0 Å². The summed E-state index contributed by atoms with van der Waals surface area (Å²) in [6, 6.07) is 16.1. The number of alkyl halides is 6. The minimum Gasteiger partial charge on any atom is -0.457 e. The van der Waals surface area contributed by atoms with E-state index in [9.17, 15) is 52.8 Å². The molecule has 0 saturated carbocycles. The van der Waals surface area contributed by atoms with Crippen LogP contribution in [0, 0.1) is 0 Å². The van der Waals surface area contributed by atoms with Crippen LogP contribution in [0.4, 0.5) is 48.2 Å². The summed E-state index contributed by atoms with van der Waals surface area (Å²) in [6.07, 6.45) is 1.41. The molecule has 0 radical (unpaired) electrons. The molecule has 0 aliphatic carbocycles. The Bertz CT molecular complexity index is 2010. The Morgan fingerprint density at radius 3 is 1.79 bits per heavy atom. The zero-order valence-corrected chi connectivity index (χ0v) is 25.8. The molecule has 4 rings (SSSR count). The second kappa shape index (κ2) is 14.6. The summed E-state index contributed by atoms with van der Waals surface area (Å²) < 4.78 is 125. The van der Waals surface area contributed by atoms with Gasteiger partial charge < -0.3 is 26.4 Å². The number of ether oxygens (including phenoxy) is 1. The molecule has 1 aromatic heterocycles. The number of nitrogens with zero attached hydrogens (tertiary/aromatic N) is 1. The Balaban J connectivity index is 0.000000373.